The molecule has 2 heteroatoms. The van der Waals surface area contributed by atoms with E-state index in [4.69, 9.17) is 12.8 Å². The molecule has 54 heavy (non-hydrogen) atoms. The Morgan fingerprint density at radius 2 is 0.667 bits per heavy atom. The molecule has 0 amide bonds. The van der Waals surface area contributed by atoms with Crippen molar-refractivity contribution in [3.63, 3.8) is 0 Å². The van der Waals surface area contributed by atoms with Crippen LogP contribution in [0, 0.1) is 24.7 Å². The van der Waals surface area contributed by atoms with Gasteiger partial charge in [-0.3, -0.25) is 0 Å². The van der Waals surface area contributed by atoms with Crippen LogP contribution in [0.3, 0.4) is 0 Å². The van der Waals surface area contributed by atoms with Gasteiger partial charge in [0.2, 0.25) is 0 Å². The van der Waals surface area contributed by atoms with Crippen molar-refractivity contribution in [1.29, 1.82) is 0 Å². The number of fused-ring (bicyclic) bond motifs is 10. The Labute approximate surface area is 313 Å². The standard InChI is InChI=1S/C52H34N2/c1-3-29-53-43-27-15-13-25-41(43)47-50(46-39-23-11-7-19-35(39)32-36-20-8-12-24-40(36)46)52-48(42-26-14-16-28-44(42)54(52)30-4-2)49(51(47)53)45-37-21-9-5-17-33(37)31-34-18-6-10-22-38(34)45/h1-2,5-28,31-32,49-50H,29-30H2. The van der Waals surface area contributed by atoms with E-state index in [0.29, 0.717) is 13.1 Å². The van der Waals surface area contributed by atoms with Crippen LogP contribution in [0.15, 0.2) is 158 Å². The predicted molar refractivity (Wildman–Crippen MR) is 226 cm³/mol. The number of aromatic nitrogens is 2. The highest BCUT2D eigenvalue weighted by molar-refractivity contribution is 6.08. The first-order valence-electron chi connectivity index (χ1n) is 18.7. The molecule has 0 aliphatic heterocycles. The number of para-hydroxylation sites is 2. The van der Waals surface area contributed by atoms with E-state index in [2.05, 4.69) is 179 Å². The van der Waals surface area contributed by atoms with Crippen molar-refractivity contribution in [3.05, 3.63) is 191 Å². The summed E-state index contributed by atoms with van der Waals surface area (Å²) in [5.41, 5.74) is 10.0. The van der Waals surface area contributed by atoms with Crippen LogP contribution in [0.5, 0.6) is 0 Å². The summed E-state index contributed by atoms with van der Waals surface area (Å²) in [6.07, 6.45) is 12.7. The van der Waals surface area contributed by atoms with Crippen molar-refractivity contribution in [2.24, 2.45) is 0 Å². The van der Waals surface area contributed by atoms with E-state index in [1.165, 1.54) is 87.5 Å². The largest absolute Gasteiger partial charge is 0.332 e. The number of terminal acetylenes is 2. The summed E-state index contributed by atoms with van der Waals surface area (Å²) in [4.78, 5) is 0. The summed E-state index contributed by atoms with van der Waals surface area (Å²) < 4.78 is 4.89. The van der Waals surface area contributed by atoms with Crippen LogP contribution in [-0.2, 0) is 13.1 Å². The van der Waals surface area contributed by atoms with Crippen molar-refractivity contribution in [1.82, 2.24) is 9.13 Å². The first-order valence-corrected chi connectivity index (χ1v) is 18.7. The van der Waals surface area contributed by atoms with Gasteiger partial charge in [-0.25, -0.2) is 0 Å². The second kappa shape index (κ2) is 11.8. The molecule has 252 valence electrons. The van der Waals surface area contributed by atoms with E-state index in [9.17, 15) is 0 Å². The summed E-state index contributed by atoms with van der Waals surface area (Å²) in [5.74, 6) is 5.89. The number of hydrogen-bond acceptors (Lipinski definition) is 0. The maximum atomic E-state index is 6.34. The summed E-state index contributed by atoms with van der Waals surface area (Å²) in [7, 11) is 0. The molecule has 0 fully saturated rings. The Bertz CT molecular complexity index is 2940. The van der Waals surface area contributed by atoms with Gasteiger partial charge in [0.25, 0.3) is 0 Å². The molecule has 10 aromatic rings. The van der Waals surface area contributed by atoms with E-state index in [0.717, 1.165) is 11.0 Å². The fraction of sp³-hybridized carbons (Fsp3) is 0.0769. The van der Waals surface area contributed by atoms with Crippen molar-refractivity contribution >= 4 is 64.9 Å². The molecule has 11 rings (SSSR count). The van der Waals surface area contributed by atoms with Gasteiger partial charge in [-0.2, -0.15) is 0 Å². The van der Waals surface area contributed by atoms with Gasteiger partial charge in [0.05, 0.1) is 24.9 Å². The van der Waals surface area contributed by atoms with E-state index in [1.54, 1.807) is 0 Å². The van der Waals surface area contributed by atoms with Gasteiger partial charge in [0, 0.05) is 33.2 Å². The van der Waals surface area contributed by atoms with E-state index in [1.807, 2.05) is 0 Å². The number of hydrogen-bond donors (Lipinski definition) is 0. The molecule has 2 heterocycles. The van der Waals surface area contributed by atoms with Gasteiger partial charge in [0.15, 0.2) is 0 Å². The van der Waals surface area contributed by atoms with Crippen molar-refractivity contribution in [3.8, 4) is 24.7 Å². The smallest absolute Gasteiger partial charge is 0.0838 e. The average Bonchev–Trinajstić information content (AvgIpc) is 3.72. The van der Waals surface area contributed by atoms with Crippen molar-refractivity contribution in [2.45, 2.75) is 24.9 Å². The van der Waals surface area contributed by atoms with Crippen molar-refractivity contribution < 1.29 is 0 Å². The van der Waals surface area contributed by atoms with E-state index in [-0.39, 0.29) is 11.8 Å². The quantitative estimate of drug-likeness (QED) is 0.129. The van der Waals surface area contributed by atoms with Crippen LogP contribution in [0.4, 0.5) is 0 Å². The summed E-state index contributed by atoms with van der Waals surface area (Å²) in [5, 5.41) is 12.3. The number of benzene rings is 8. The van der Waals surface area contributed by atoms with Crippen LogP contribution in [-0.4, -0.2) is 9.13 Å². The topological polar surface area (TPSA) is 9.86 Å². The third-order valence-corrected chi connectivity index (χ3v) is 11.9. The zero-order valence-corrected chi connectivity index (χ0v) is 29.6. The molecular formula is C52H34N2. The van der Waals surface area contributed by atoms with Gasteiger partial charge >= 0.3 is 0 Å². The minimum Gasteiger partial charge on any atom is -0.332 e. The fourth-order valence-corrected chi connectivity index (χ4v) is 10.0. The highest BCUT2D eigenvalue weighted by Gasteiger charge is 2.44. The Hall–Kier alpha value is -7.00. The molecule has 2 nitrogen and oxygen atoms in total. The zero-order chi connectivity index (χ0) is 35.9. The molecular weight excluding hydrogens is 653 g/mol. The highest BCUT2D eigenvalue weighted by Crippen LogP contribution is 2.58. The molecule has 1 aliphatic carbocycles. The normalized spacial score (nSPS) is 15.1. The average molecular weight is 687 g/mol. The third kappa shape index (κ3) is 4.14. The van der Waals surface area contributed by atoms with Gasteiger partial charge in [-0.15, -0.1) is 12.8 Å². The summed E-state index contributed by atoms with van der Waals surface area (Å²) >= 11 is 0. The molecule has 0 saturated heterocycles. The summed E-state index contributed by atoms with van der Waals surface area (Å²) in [6.45, 7) is 0.909. The maximum Gasteiger partial charge on any atom is 0.0838 e. The Morgan fingerprint density at radius 3 is 1.00 bits per heavy atom. The SMILES string of the molecule is C#CCn1c2c(c3ccccc31)C(c1c3ccccc3cc3ccccc13)c1c(c3ccccc3n1CC#C)C2c1c2ccccc2cc2ccccc12. The molecule has 0 saturated carbocycles. The lowest BCUT2D eigenvalue weighted by Gasteiger charge is -2.35. The Morgan fingerprint density at radius 1 is 0.370 bits per heavy atom. The molecule has 0 radical (unpaired) electrons. The third-order valence-electron chi connectivity index (χ3n) is 11.9. The molecule has 2 atom stereocenters. The zero-order valence-electron chi connectivity index (χ0n) is 29.6. The fourth-order valence-electron chi connectivity index (χ4n) is 10.0. The van der Waals surface area contributed by atoms with Crippen LogP contribution in [0.2, 0.25) is 0 Å². The highest BCUT2D eigenvalue weighted by atomic mass is 15.0. The van der Waals surface area contributed by atoms with Gasteiger partial charge in [0.1, 0.15) is 0 Å². The van der Waals surface area contributed by atoms with E-state index >= 15 is 0 Å². The summed E-state index contributed by atoms with van der Waals surface area (Å²) in [6, 6.07) is 57.9. The van der Waals surface area contributed by atoms with Gasteiger partial charge in [-0.05, 0) is 89.6 Å². The van der Waals surface area contributed by atoms with Crippen LogP contribution < -0.4 is 0 Å². The van der Waals surface area contributed by atoms with Crippen LogP contribution in [0.25, 0.3) is 64.9 Å². The number of nitrogens with zero attached hydrogens (tertiary/aromatic N) is 2. The predicted octanol–water partition coefficient (Wildman–Crippen LogP) is 12.1. The lowest BCUT2D eigenvalue weighted by Crippen LogP contribution is -2.24. The monoisotopic (exact) mass is 686 g/mol. The lowest BCUT2D eigenvalue weighted by atomic mass is 9.69. The second-order valence-electron chi connectivity index (χ2n) is 14.5. The van der Waals surface area contributed by atoms with E-state index < -0.39 is 0 Å². The molecule has 0 spiro atoms. The first-order chi connectivity index (χ1) is 26.8. The number of rotatable bonds is 4. The first kappa shape index (κ1) is 30.6. The van der Waals surface area contributed by atoms with Crippen LogP contribution in [0.1, 0.15) is 45.5 Å². The minimum atomic E-state index is -0.145. The molecule has 2 aromatic heterocycles. The molecule has 1 aliphatic rings. The Balaban J connectivity index is 1.43. The lowest BCUT2D eigenvalue weighted by molar-refractivity contribution is 0.694. The molecule has 8 aromatic carbocycles. The molecule has 0 N–H and O–H groups in total. The van der Waals surface area contributed by atoms with Gasteiger partial charge < -0.3 is 9.13 Å². The van der Waals surface area contributed by atoms with Crippen molar-refractivity contribution in [2.75, 3.05) is 0 Å². The molecule has 0 bridgehead atoms. The minimum absolute atomic E-state index is 0.145. The second-order valence-corrected chi connectivity index (χ2v) is 14.5. The Kier molecular flexibility index (Phi) is 6.67. The maximum absolute atomic E-state index is 6.34. The van der Waals surface area contributed by atoms with Crippen LogP contribution >= 0.6 is 0 Å². The van der Waals surface area contributed by atoms with Gasteiger partial charge in [-0.1, -0.05) is 145 Å². The molecule has 2 unspecified atom stereocenters.